The van der Waals surface area contributed by atoms with E-state index in [1.807, 2.05) is 12.1 Å². The van der Waals surface area contributed by atoms with Gasteiger partial charge in [-0.25, -0.2) is 4.39 Å². The minimum atomic E-state index is -0.236. The number of rotatable bonds is 5. The first kappa shape index (κ1) is 13.3. The van der Waals surface area contributed by atoms with Crippen molar-refractivity contribution in [1.29, 1.82) is 0 Å². The number of methoxy groups -OCH3 is 1. The Balaban J connectivity index is 1.56. The highest BCUT2D eigenvalue weighted by Crippen LogP contribution is 2.25. The lowest BCUT2D eigenvalue weighted by molar-refractivity contribution is 0.0165. The van der Waals surface area contributed by atoms with Crippen LogP contribution in [-0.4, -0.2) is 19.3 Å². The van der Waals surface area contributed by atoms with Crippen molar-refractivity contribution >= 4 is 0 Å². The molecule has 1 saturated carbocycles. The van der Waals surface area contributed by atoms with Crippen molar-refractivity contribution in [2.75, 3.05) is 7.11 Å². The summed E-state index contributed by atoms with van der Waals surface area (Å²) in [6.07, 6.45) is 2.52. The summed E-state index contributed by atoms with van der Waals surface area (Å²) < 4.78 is 23.9. The number of halogens is 1. The lowest BCUT2D eigenvalue weighted by Gasteiger charge is -2.34. The number of hydrogen-bond acceptors (Lipinski definition) is 3. The Kier molecular flexibility index (Phi) is 3.85. The highest BCUT2D eigenvalue weighted by molar-refractivity contribution is 5.57. The summed E-state index contributed by atoms with van der Waals surface area (Å²) in [6.45, 7) is 0.711. The maximum atomic E-state index is 12.9. The Bertz CT molecular complexity index is 558. The van der Waals surface area contributed by atoms with Crippen LogP contribution in [0.15, 0.2) is 40.8 Å². The molecule has 1 aliphatic carbocycles. The van der Waals surface area contributed by atoms with Gasteiger partial charge in [0.25, 0.3) is 0 Å². The second-order valence-electron chi connectivity index (χ2n) is 5.18. The minimum Gasteiger partial charge on any atom is -0.460 e. The lowest BCUT2D eigenvalue weighted by atomic mass is 9.89. The van der Waals surface area contributed by atoms with Crippen molar-refractivity contribution in [3.05, 3.63) is 48.0 Å². The van der Waals surface area contributed by atoms with Crippen molar-refractivity contribution in [3.8, 4) is 11.3 Å². The van der Waals surface area contributed by atoms with Crippen molar-refractivity contribution in [1.82, 2.24) is 5.32 Å². The molecule has 2 aromatic rings. The molecule has 20 heavy (non-hydrogen) atoms. The molecule has 0 atom stereocenters. The van der Waals surface area contributed by atoms with Crippen LogP contribution in [0.25, 0.3) is 11.3 Å². The maximum Gasteiger partial charge on any atom is 0.134 e. The predicted octanol–water partition coefficient (Wildman–Crippen LogP) is 3.35. The maximum absolute atomic E-state index is 12.9. The van der Waals surface area contributed by atoms with Gasteiger partial charge >= 0.3 is 0 Å². The Morgan fingerprint density at radius 3 is 2.65 bits per heavy atom. The van der Waals surface area contributed by atoms with Crippen molar-refractivity contribution < 1.29 is 13.5 Å². The third kappa shape index (κ3) is 2.92. The van der Waals surface area contributed by atoms with E-state index in [0.717, 1.165) is 29.9 Å². The van der Waals surface area contributed by atoms with E-state index >= 15 is 0 Å². The molecular formula is C16H18FNO2. The van der Waals surface area contributed by atoms with Crippen molar-refractivity contribution in [2.45, 2.75) is 31.5 Å². The number of ether oxygens (including phenoxy) is 1. The zero-order valence-electron chi connectivity index (χ0n) is 11.4. The molecule has 1 aromatic carbocycles. The van der Waals surface area contributed by atoms with Gasteiger partial charge in [-0.1, -0.05) is 0 Å². The third-order valence-corrected chi connectivity index (χ3v) is 3.78. The zero-order chi connectivity index (χ0) is 13.9. The van der Waals surface area contributed by atoms with Crippen LogP contribution in [0.5, 0.6) is 0 Å². The lowest BCUT2D eigenvalue weighted by Crippen LogP contribution is -2.44. The number of nitrogens with one attached hydrogen (secondary N) is 1. The van der Waals surface area contributed by atoms with Crippen LogP contribution in [0.2, 0.25) is 0 Å². The third-order valence-electron chi connectivity index (χ3n) is 3.78. The summed E-state index contributed by atoms with van der Waals surface area (Å²) in [5.41, 5.74) is 0.890. The van der Waals surface area contributed by atoms with E-state index in [9.17, 15) is 4.39 Å². The van der Waals surface area contributed by atoms with Gasteiger partial charge < -0.3 is 14.5 Å². The molecule has 1 aromatic heterocycles. The molecule has 1 fully saturated rings. The first-order valence-electron chi connectivity index (χ1n) is 6.85. The van der Waals surface area contributed by atoms with Crippen LogP contribution in [0.3, 0.4) is 0 Å². The molecule has 1 aliphatic rings. The van der Waals surface area contributed by atoms with Crippen LogP contribution in [0.1, 0.15) is 18.6 Å². The van der Waals surface area contributed by atoms with E-state index in [1.54, 1.807) is 19.2 Å². The molecule has 0 amide bonds. The highest BCUT2D eigenvalue weighted by atomic mass is 19.1. The molecule has 3 rings (SSSR count). The minimum absolute atomic E-state index is 0.236. The molecule has 1 heterocycles. The number of benzene rings is 1. The van der Waals surface area contributed by atoms with Gasteiger partial charge in [0.2, 0.25) is 0 Å². The molecule has 4 heteroatoms. The molecule has 3 nitrogen and oxygen atoms in total. The Morgan fingerprint density at radius 2 is 1.95 bits per heavy atom. The fraction of sp³-hybridized carbons (Fsp3) is 0.375. The summed E-state index contributed by atoms with van der Waals surface area (Å²) in [6, 6.07) is 10.7. The van der Waals surface area contributed by atoms with Gasteiger partial charge in [-0.15, -0.1) is 0 Å². The highest BCUT2D eigenvalue weighted by Gasteiger charge is 2.28. The normalized spacial score (nSPS) is 21.7. The van der Waals surface area contributed by atoms with Gasteiger partial charge in [0, 0.05) is 18.7 Å². The Labute approximate surface area is 117 Å². The Morgan fingerprint density at radius 1 is 1.20 bits per heavy atom. The summed E-state index contributed by atoms with van der Waals surface area (Å²) in [5.74, 6) is 1.43. The van der Waals surface area contributed by atoms with E-state index in [-0.39, 0.29) is 5.82 Å². The van der Waals surface area contributed by atoms with E-state index in [1.165, 1.54) is 12.1 Å². The van der Waals surface area contributed by atoms with Gasteiger partial charge in [-0.2, -0.15) is 0 Å². The van der Waals surface area contributed by atoms with Crippen LogP contribution >= 0.6 is 0 Å². The van der Waals surface area contributed by atoms with Gasteiger partial charge in [-0.05, 0) is 49.2 Å². The Hall–Kier alpha value is -1.65. The topological polar surface area (TPSA) is 34.4 Å². The zero-order valence-corrected chi connectivity index (χ0v) is 11.4. The van der Waals surface area contributed by atoms with Crippen LogP contribution < -0.4 is 5.32 Å². The van der Waals surface area contributed by atoms with Crippen LogP contribution in [-0.2, 0) is 11.3 Å². The van der Waals surface area contributed by atoms with Crippen LogP contribution in [0.4, 0.5) is 4.39 Å². The van der Waals surface area contributed by atoms with E-state index in [2.05, 4.69) is 5.32 Å². The van der Waals surface area contributed by atoms with Gasteiger partial charge in [0.05, 0.1) is 12.6 Å². The summed E-state index contributed by atoms with van der Waals surface area (Å²) in [4.78, 5) is 0. The van der Waals surface area contributed by atoms with E-state index in [0.29, 0.717) is 18.7 Å². The molecule has 1 N–H and O–H groups in total. The van der Waals surface area contributed by atoms with Crippen LogP contribution in [0, 0.1) is 5.82 Å². The van der Waals surface area contributed by atoms with E-state index < -0.39 is 0 Å². The first-order valence-corrected chi connectivity index (χ1v) is 6.85. The van der Waals surface area contributed by atoms with Gasteiger partial charge in [0.1, 0.15) is 17.3 Å². The summed E-state index contributed by atoms with van der Waals surface area (Å²) in [5, 5.41) is 3.44. The second kappa shape index (κ2) is 5.77. The standard InChI is InChI=1S/C16H18FNO2/c1-19-15-8-13(9-15)18-10-14-6-7-16(20-14)11-2-4-12(17)5-3-11/h2-7,13,15,18H,8-10H2,1H3. The average molecular weight is 275 g/mol. The molecule has 106 valence electrons. The van der Waals surface area contributed by atoms with Crippen molar-refractivity contribution in [3.63, 3.8) is 0 Å². The fourth-order valence-electron chi connectivity index (χ4n) is 2.41. The number of furan rings is 1. The second-order valence-corrected chi connectivity index (χ2v) is 5.18. The molecule has 0 aliphatic heterocycles. The van der Waals surface area contributed by atoms with Gasteiger partial charge in [-0.3, -0.25) is 0 Å². The molecular weight excluding hydrogens is 257 g/mol. The molecule has 0 spiro atoms. The predicted molar refractivity (Wildman–Crippen MR) is 74.8 cm³/mol. The SMILES string of the molecule is COC1CC(NCc2ccc(-c3ccc(F)cc3)o2)C1. The molecule has 0 unspecified atom stereocenters. The van der Waals surface area contributed by atoms with Crippen molar-refractivity contribution in [2.24, 2.45) is 0 Å². The summed E-state index contributed by atoms with van der Waals surface area (Å²) >= 11 is 0. The average Bonchev–Trinajstić information content (AvgIpc) is 2.87. The molecule has 0 bridgehead atoms. The largest absolute Gasteiger partial charge is 0.460 e. The summed E-state index contributed by atoms with van der Waals surface area (Å²) in [7, 11) is 1.75. The quantitative estimate of drug-likeness (QED) is 0.908. The smallest absolute Gasteiger partial charge is 0.134 e. The molecule has 0 saturated heterocycles. The fourth-order valence-corrected chi connectivity index (χ4v) is 2.41. The molecule has 0 radical (unpaired) electrons. The first-order chi connectivity index (χ1) is 9.74. The monoisotopic (exact) mass is 275 g/mol. The number of hydrogen-bond donors (Lipinski definition) is 1. The van der Waals surface area contributed by atoms with E-state index in [4.69, 9.17) is 9.15 Å². The van der Waals surface area contributed by atoms with Gasteiger partial charge in [0.15, 0.2) is 0 Å².